The number of nitrogens with zero attached hydrogens (tertiary/aromatic N) is 2. The molecule has 78 valence electrons. The summed E-state index contributed by atoms with van der Waals surface area (Å²) in [5.41, 5.74) is 3.70. The maximum atomic E-state index is 2.20. The molecule has 0 aliphatic heterocycles. The molecule has 0 amide bonds. The molecular weight excluding hydrogens is 196 g/mol. The van der Waals surface area contributed by atoms with Crippen molar-refractivity contribution in [2.75, 3.05) is 0 Å². The van der Waals surface area contributed by atoms with Gasteiger partial charge in [-0.05, 0) is 18.2 Å². The first-order chi connectivity index (χ1) is 7.84. The summed E-state index contributed by atoms with van der Waals surface area (Å²) in [6, 6.07) is 14.8. The summed E-state index contributed by atoms with van der Waals surface area (Å²) in [4.78, 5) is 0. The minimum atomic E-state index is 1.21. The predicted molar refractivity (Wildman–Crippen MR) is 64.0 cm³/mol. The van der Waals surface area contributed by atoms with Crippen molar-refractivity contribution in [2.45, 2.75) is 0 Å². The van der Waals surface area contributed by atoms with Crippen LogP contribution in [0.25, 0.3) is 16.8 Å². The summed E-state index contributed by atoms with van der Waals surface area (Å²) in [6.07, 6.45) is 6.22. The van der Waals surface area contributed by atoms with Crippen molar-refractivity contribution >= 4 is 5.52 Å². The second-order valence-corrected chi connectivity index (χ2v) is 3.95. The van der Waals surface area contributed by atoms with Gasteiger partial charge in [0.15, 0.2) is 12.4 Å². The zero-order chi connectivity index (χ0) is 11.0. The third kappa shape index (κ3) is 1.39. The Hall–Kier alpha value is -2.09. The van der Waals surface area contributed by atoms with Gasteiger partial charge in [0.05, 0.1) is 0 Å². The molecule has 2 nitrogen and oxygen atoms in total. The zero-order valence-corrected chi connectivity index (χ0v) is 9.17. The minimum Gasteiger partial charge on any atom is -0.351 e. The van der Waals surface area contributed by atoms with Crippen molar-refractivity contribution in [1.82, 2.24) is 4.57 Å². The molecular formula is C14H13N2+. The number of aromatic nitrogens is 2. The van der Waals surface area contributed by atoms with Crippen molar-refractivity contribution in [1.29, 1.82) is 0 Å². The summed E-state index contributed by atoms with van der Waals surface area (Å²) in [6.45, 7) is 0. The second kappa shape index (κ2) is 3.49. The fourth-order valence-corrected chi connectivity index (χ4v) is 2.02. The van der Waals surface area contributed by atoms with E-state index in [1.165, 1.54) is 16.8 Å². The molecule has 0 unspecified atom stereocenters. The number of hydrogen-bond donors (Lipinski definition) is 0. The smallest absolute Gasteiger partial charge is 0.211 e. The van der Waals surface area contributed by atoms with E-state index in [0.717, 1.165) is 0 Å². The normalized spacial score (nSPS) is 10.8. The van der Waals surface area contributed by atoms with E-state index in [1.54, 1.807) is 0 Å². The van der Waals surface area contributed by atoms with Gasteiger partial charge in [0.2, 0.25) is 5.52 Å². The lowest BCUT2D eigenvalue weighted by atomic mass is 10.1. The molecule has 0 aliphatic carbocycles. The predicted octanol–water partition coefficient (Wildman–Crippen LogP) is 2.43. The third-order valence-electron chi connectivity index (χ3n) is 2.88. The molecule has 2 heteroatoms. The van der Waals surface area contributed by atoms with E-state index in [2.05, 4.69) is 71.0 Å². The molecule has 0 N–H and O–H groups in total. The first-order valence-corrected chi connectivity index (χ1v) is 5.36. The summed E-state index contributed by atoms with van der Waals surface area (Å²) in [5.74, 6) is 0. The van der Waals surface area contributed by atoms with Gasteiger partial charge in [-0.25, -0.2) is 0 Å². The van der Waals surface area contributed by atoms with E-state index in [4.69, 9.17) is 0 Å². The maximum absolute atomic E-state index is 2.20. The molecule has 0 aliphatic rings. The van der Waals surface area contributed by atoms with Crippen molar-refractivity contribution in [3.63, 3.8) is 0 Å². The van der Waals surface area contributed by atoms with Gasteiger partial charge in [0.1, 0.15) is 0 Å². The molecule has 0 saturated carbocycles. The standard InChI is InChI=1S/C14H13N2/c1-15-8-4-6-14(15)12-7-10-16-9-3-2-5-13(16)11-12/h2-11H,1H3/q+1. The molecule has 3 heterocycles. The van der Waals surface area contributed by atoms with E-state index in [-0.39, 0.29) is 0 Å². The fourth-order valence-electron chi connectivity index (χ4n) is 2.02. The lowest BCUT2D eigenvalue weighted by Crippen LogP contribution is -2.19. The molecule has 0 saturated heterocycles. The quantitative estimate of drug-likeness (QED) is 0.544. The van der Waals surface area contributed by atoms with Crippen LogP contribution in [0, 0.1) is 0 Å². The molecule has 3 aromatic rings. The summed E-state index contributed by atoms with van der Waals surface area (Å²) in [5, 5.41) is 0. The van der Waals surface area contributed by atoms with Crippen LogP contribution in [0.3, 0.4) is 0 Å². The average molecular weight is 209 g/mol. The number of rotatable bonds is 1. The topological polar surface area (TPSA) is 9.03 Å². The van der Waals surface area contributed by atoms with E-state index in [0.29, 0.717) is 0 Å². The molecule has 0 aromatic carbocycles. The number of pyridine rings is 2. The molecule has 3 rings (SSSR count). The Morgan fingerprint density at radius 3 is 2.75 bits per heavy atom. The number of fused-ring (bicyclic) bond motifs is 1. The first-order valence-electron chi connectivity index (χ1n) is 5.36. The Labute approximate surface area is 94.4 Å². The van der Waals surface area contributed by atoms with Crippen molar-refractivity contribution in [3.05, 3.63) is 61.1 Å². The molecule has 0 atom stereocenters. The number of hydrogen-bond acceptors (Lipinski definition) is 0. The first kappa shape index (κ1) is 9.16. The Kier molecular flexibility index (Phi) is 2.00. The average Bonchev–Trinajstić information content (AvgIpc) is 2.75. The fraction of sp³-hybridized carbons (Fsp3) is 0.0714. The van der Waals surface area contributed by atoms with Gasteiger partial charge in [-0.15, -0.1) is 0 Å². The Bertz CT molecular complexity index is 638. The molecule has 0 radical (unpaired) electrons. The van der Waals surface area contributed by atoms with E-state index < -0.39 is 0 Å². The second-order valence-electron chi connectivity index (χ2n) is 3.95. The van der Waals surface area contributed by atoms with Crippen LogP contribution in [0.15, 0.2) is 61.1 Å². The molecule has 0 spiro atoms. The van der Waals surface area contributed by atoms with E-state index >= 15 is 0 Å². The van der Waals surface area contributed by atoms with Crippen LogP contribution < -0.4 is 4.40 Å². The summed E-state index contributed by atoms with van der Waals surface area (Å²) in [7, 11) is 2.07. The lowest BCUT2D eigenvalue weighted by molar-refractivity contribution is -0.511. The minimum absolute atomic E-state index is 1.21. The van der Waals surface area contributed by atoms with Gasteiger partial charge in [-0.2, -0.15) is 4.40 Å². The van der Waals surface area contributed by atoms with Crippen LogP contribution in [0.4, 0.5) is 0 Å². The van der Waals surface area contributed by atoms with Gasteiger partial charge >= 0.3 is 0 Å². The highest BCUT2D eigenvalue weighted by molar-refractivity contribution is 5.64. The van der Waals surface area contributed by atoms with Crippen molar-refractivity contribution < 1.29 is 4.40 Å². The van der Waals surface area contributed by atoms with Gasteiger partial charge in [-0.1, -0.05) is 0 Å². The summed E-state index contributed by atoms with van der Waals surface area (Å²) >= 11 is 0. The van der Waals surface area contributed by atoms with Crippen LogP contribution >= 0.6 is 0 Å². The van der Waals surface area contributed by atoms with E-state index in [1.807, 2.05) is 6.07 Å². The van der Waals surface area contributed by atoms with Crippen molar-refractivity contribution in [2.24, 2.45) is 7.05 Å². The van der Waals surface area contributed by atoms with Crippen LogP contribution in [0.2, 0.25) is 0 Å². The van der Waals surface area contributed by atoms with Gasteiger partial charge in [0, 0.05) is 48.8 Å². The lowest BCUT2D eigenvalue weighted by Gasteiger charge is -2.02. The highest BCUT2D eigenvalue weighted by Gasteiger charge is 2.06. The van der Waals surface area contributed by atoms with Gasteiger partial charge in [-0.3, -0.25) is 0 Å². The molecule has 0 bridgehead atoms. The van der Waals surface area contributed by atoms with E-state index in [9.17, 15) is 0 Å². The zero-order valence-electron chi connectivity index (χ0n) is 9.17. The van der Waals surface area contributed by atoms with Gasteiger partial charge in [0.25, 0.3) is 0 Å². The van der Waals surface area contributed by atoms with Crippen LogP contribution in [0.5, 0.6) is 0 Å². The number of aryl methyl sites for hydroxylation is 1. The largest absolute Gasteiger partial charge is 0.351 e. The molecule has 3 aromatic heterocycles. The van der Waals surface area contributed by atoms with Crippen LogP contribution in [-0.4, -0.2) is 4.57 Å². The Balaban J connectivity index is 2.23. The van der Waals surface area contributed by atoms with Crippen molar-refractivity contribution in [3.8, 4) is 11.3 Å². The van der Waals surface area contributed by atoms with Crippen LogP contribution in [0.1, 0.15) is 0 Å². The Morgan fingerprint density at radius 2 is 1.94 bits per heavy atom. The Morgan fingerprint density at radius 1 is 1.00 bits per heavy atom. The highest BCUT2D eigenvalue weighted by Crippen LogP contribution is 2.18. The molecule has 0 fully saturated rings. The highest BCUT2D eigenvalue weighted by atomic mass is 14.9. The molecule has 16 heavy (non-hydrogen) atoms. The summed E-state index contributed by atoms with van der Waals surface area (Å²) < 4.78 is 4.25. The van der Waals surface area contributed by atoms with Crippen LogP contribution in [-0.2, 0) is 7.05 Å². The maximum Gasteiger partial charge on any atom is 0.211 e. The monoisotopic (exact) mass is 209 g/mol. The third-order valence-corrected chi connectivity index (χ3v) is 2.88. The van der Waals surface area contributed by atoms with Gasteiger partial charge < -0.3 is 4.57 Å². The SMILES string of the molecule is Cn1cccc1-c1cc[n+]2ccccc2c1.